The van der Waals surface area contributed by atoms with Crippen LogP contribution in [-0.2, 0) is 12.8 Å². The Balaban J connectivity index is 0.000000203. The molecular formula is C26H27NO. The normalized spacial score (nSPS) is 16.1. The molecule has 2 nitrogen and oxygen atoms in total. The first kappa shape index (κ1) is 18.5. The van der Waals surface area contributed by atoms with E-state index in [4.69, 9.17) is 4.74 Å². The molecule has 1 atom stereocenters. The van der Waals surface area contributed by atoms with E-state index >= 15 is 0 Å². The Morgan fingerprint density at radius 3 is 2.54 bits per heavy atom. The van der Waals surface area contributed by atoms with Crippen LogP contribution in [-0.4, -0.2) is 12.1 Å². The molecular weight excluding hydrogens is 342 g/mol. The van der Waals surface area contributed by atoms with Gasteiger partial charge in [0.2, 0.25) is 5.88 Å². The van der Waals surface area contributed by atoms with Gasteiger partial charge in [-0.2, -0.15) is 0 Å². The van der Waals surface area contributed by atoms with Crippen molar-refractivity contribution in [1.29, 1.82) is 0 Å². The van der Waals surface area contributed by atoms with Crippen LogP contribution in [0.1, 0.15) is 30.9 Å². The van der Waals surface area contributed by atoms with Crippen LogP contribution in [0.5, 0.6) is 5.88 Å². The molecule has 5 rings (SSSR count). The van der Waals surface area contributed by atoms with Crippen molar-refractivity contribution >= 4 is 12.2 Å². The Labute approximate surface area is 166 Å². The minimum atomic E-state index is 0.660. The molecule has 1 heterocycles. The number of fused-ring (bicyclic) bond motifs is 4. The molecule has 28 heavy (non-hydrogen) atoms. The fraction of sp³-hybridized carbons (Fsp3) is 0.269. The van der Waals surface area contributed by atoms with Crippen LogP contribution in [0, 0.1) is 16.4 Å². The van der Waals surface area contributed by atoms with Gasteiger partial charge in [0.25, 0.3) is 0 Å². The SMILES string of the molecule is CCC1C=c2ccc3c(c2CC1)CC=c1ccccc1=3.COc1ccccn1. The van der Waals surface area contributed by atoms with E-state index < -0.39 is 0 Å². The number of hydrogen-bond acceptors (Lipinski definition) is 2. The van der Waals surface area contributed by atoms with Crippen LogP contribution >= 0.6 is 0 Å². The number of aromatic nitrogens is 1. The second-order valence-electron chi connectivity index (χ2n) is 7.40. The zero-order valence-electron chi connectivity index (χ0n) is 16.7. The predicted octanol–water partition coefficient (Wildman–Crippen LogP) is 4.15. The molecule has 0 amide bonds. The van der Waals surface area contributed by atoms with Crippen molar-refractivity contribution in [2.24, 2.45) is 5.92 Å². The van der Waals surface area contributed by atoms with Gasteiger partial charge >= 0.3 is 0 Å². The molecule has 1 aromatic heterocycles. The summed E-state index contributed by atoms with van der Waals surface area (Å²) in [6, 6.07) is 19.0. The lowest BCUT2D eigenvalue weighted by molar-refractivity contribution is 0.398. The molecule has 2 aliphatic carbocycles. The summed E-state index contributed by atoms with van der Waals surface area (Å²) in [7, 11) is 1.60. The highest BCUT2D eigenvalue weighted by Crippen LogP contribution is 2.22. The topological polar surface area (TPSA) is 22.1 Å². The Kier molecular flexibility index (Phi) is 5.57. The number of hydrogen-bond donors (Lipinski definition) is 0. The van der Waals surface area contributed by atoms with E-state index in [1.807, 2.05) is 12.1 Å². The predicted molar refractivity (Wildman–Crippen MR) is 115 cm³/mol. The summed E-state index contributed by atoms with van der Waals surface area (Å²) in [6.45, 7) is 2.30. The second kappa shape index (κ2) is 8.43. The number of ether oxygens (including phenoxy) is 1. The summed E-state index contributed by atoms with van der Waals surface area (Å²) in [5, 5.41) is 5.76. The van der Waals surface area contributed by atoms with Crippen LogP contribution < -0.4 is 15.2 Å². The minimum Gasteiger partial charge on any atom is -0.481 e. The third kappa shape index (κ3) is 3.73. The lowest BCUT2D eigenvalue weighted by Crippen LogP contribution is -2.22. The first-order chi connectivity index (χ1) is 13.8. The third-order valence-corrected chi connectivity index (χ3v) is 5.80. The number of nitrogens with zero attached hydrogens (tertiary/aromatic N) is 1. The Hall–Kier alpha value is -2.87. The van der Waals surface area contributed by atoms with Gasteiger partial charge < -0.3 is 4.74 Å². The highest BCUT2D eigenvalue weighted by molar-refractivity contribution is 5.48. The van der Waals surface area contributed by atoms with Crippen LogP contribution in [0.15, 0.2) is 60.8 Å². The standard InChI is InChI=1S/C20H20.C6H7NO/c1-2-14-7-10-18-16(13-14)9-12-19-17-6-4-3-5-15(17)8-11-20(18)19;1-8-6-4-2-3-5-7-6/h3-6,8-9,12-14H,2,7,10-11H2,1H3;2-5H,1H3. The number of rotatable bonds is 2. The van der Waals surface area contributed by atoms with Crippen LogP contribution in [0.3, 0.4) is 0 Å². The highest BCUT2D eigenvalue weighted by atomic mass is 16.5. The number of pyridine rings is 1. The largest absolute Gasteiger partial charge is 0.481 e. The fourth-order valence-electron chi connectivity index (χ4n) is 4.24. The molecule has 0 radical (unpaired) electrons. The van der Waals surface area contributed by atoms with E-state index in [0.29, 0.717) is 5.88 Å². The molecule has 0 saturated heterocycles. The Morgan fingerprint density at radius 1 is 0.929 bits per heavy atom. The molecule has 3 aromatic rings. The second-order valence-corrected chi connectivity index (χ2v) is 7.40. The molecule has 2 aromatic carbocycles. The van der Waals surface area contributed by atoms with Crippen LogP contribution in [0.4, 0.5) is 0 Å². The van der Waals surface area contributed by atoms with Crippen LogP contribution in [0.2, 0.25) is 0 Å². The van der Waals surface area contributed by atoms with E-state index in [1.165, 1.54) is 40.1 Å². The van der Waals surface area contributed by atoms with Crippen LogP contribution in [0.25, 0.3) is 12.2 Å². The summed E-state index contributed by atoms with van der Waals surface area (Å²) in [5.41, 5.74) is 3.19. The van der Waals surface area contributed by atoms with E-state index in [1.54, 1.807) is 30.5 Å². The van der Waals surface area contributed by atoms with Gasteiger partial charge in [0.15, 0.2) is 0 Å². The van der Waals surface area contributed by atoms with Gasteiger partial charge in [-0.25, -0.2) is 4.98 Å². The molecule has 0 spiro atoms. The zero-order valence-corrected chi connectivity index (χ0v) is 16.7. The monoisotopic (exact) mass is 369 g/mol. The number of benzene rings is 2. The summed E-state index contributed by atoms with van der Waals surface area (Å²) >= 11 is 0. The average Bonchev–Trinajstić information content (AvgIpc) is 2.79. The fourth-order valence-corrected chi connectivity index (χ4v) is 4.24. The van der Waals surface area contributed by atoms with Crippen molar-refractivity contribution in [2.45, 2.75) is 32.6 Å². The van der Waals surface area contributed by atoms with Gasteiger partial charge in [-0.1, -0.05) is 61.5 Å². The molecule has 0 aliphatic heterocycles. The van der Waals surface area contributed by atoms with E-state index in [2.05, 4.69) is 60.5 Å². The first-order valence-corrected chi connectivity index (χ1v) is 10.2. The van der Waals surface area contributed by atoms with Crippen molar-refractivity contribution in [3.8, 4) is 5.88 Å². The van der Waals surface area contributed by atoms with Gasteiger partial charge in [0, 0.05) is 12.3 Å². The first-order valence-electron chi connectivity index (χ1n) is 10.2. The van der Waals surface area contributed by atoms with Crippen molar-refractivity contribution in [1.82, 2.24) is 4.98 Å². The summed E-state index contributed by atoms with van der Waals surface area (Å²) in [6.07, 6.45) is 11.5. The van der Waals surface area contributed by atoms with Crippen molar-refractivity contribution in [3.63, 3.8) is 0 Å². The maximum Gasteiger partial charge on any atom is 0.212 e. The van der Waals surface area contributed by atoms with E-state index in [9.17, 15) is 0 Å². The molecule has 0 saturated carbocycles. The third-order valence-electron chi connectivity index (χ3n) is 5.80. The van der Waals surface area contributed by atoms with Crippen molar-refractivity contribution in [3.05, 3.63) is 92.8 Å². The van der Waals surface area contributed by atoms with Crippen molar-refractivity contribution < 1.29 is 4.74 Å². The molecule has 2 aliphatic rings. The molecule has 142 valence electrons. The zero-order chi connectivity index (χ0) is 19.3. The van der Waals surface area contributed by atoms with Gasteiger partial charge in [-0.15, -0.1) is 0 Å². The lowest BCUT2D eigenvalue weighted by atomic mass is 9.84. The summed E-state index contributed by atoms with van der Waals surface area (Å²) in [4.78, 5) is 3.88. The smallest absolute Gasteiger partial charge is 0.212 e. The molecule has 2 heteroatoms. The summed E-state index contributed by atoms with van der Waals surface area (Å²) < 4.78 is 4.80. The Bertz CT molecular complexity index is 1170. The summed E-state index contributed by atoms with van der Waals surface area (Å²) in [5.74, 6) is 1.44. The minimum absolute atomic E-state index is 0.660. The van der Waals surface area contributed by atoms with Crippen molar-refractivity contribution in [2.75, 3.05) is 7.11 Å². The Morgan fingerprint density at radius 2 is 1.79 bits per heavy atom. The maximum absolute atomic E-state index is 4.80. The molecule has 1 unspecified atom stereocenters. The van der Waals surface area contributed by atoms with E-state index in [-0.39, 0.29) is 0 Å². The molecule has 0 fully saturated rings. The quantitative estimate of drug-likeness (QED) is 0.677. The number of methoxy groups -OCH3 is 1. The lowest BCUT2D eigenvalue weighted by Gasteiger charge is -2.20. The van der Waals surface area contributed by atoms with Gasteiger partial charge in [0.1, 0.15) is 0 Å². The van der Waals surface area contributed by atoms with Gasteiger partial charge in [0.05, 0.1) is 7.11 Å². The van der Waals surface area contributed by atoms with E-state index in [0.717, 1.165) is 12.3 Å². The highest BCUT2D eigenvalue weighted by Gasteiger charge is 2.15. The molecule has 0 bridgehead atoms. The maximum atomic E-state index is 4.80. The average molecular weight is 370 g/mol. The molecule has 0 N–H and O–H groups in total. The van der Waals surface area contributed by atoms with Gasteiger partial charge in [-0.3, -0.25) is 0 Å². The van der Waals surface area contributed by atoms with Gasteiger partial charge in [-0.05, 0) is 69.7 Å².